The quantitative estimate of drug-likeness (QED) is 0.792. The summed E-state index contributed by atoms with van der Waals surface area (Å²) in [6, 6.07) is 9.04. The number of halogens is 1. The van der Waals surface area contributed by atoms with Crippen LogP contribution in [0.3, 0.4) is 0 Å². The maximum Gasteiger partial charge on any atom is 0.151 e. The molecule has 2 aromatic rings. The molecule has 0 N–H and O–H groups in total. The van der Waals surface area contributed by atoms with Crippen LogP contribution in [0.25, 0.3) is 11.3 Å². The third-order valence-electron chi connectivity index (χ3n) is 2.51. The first kappa shape index (κ1) is 13.6. The van der Waals surface area contributed by atoms with Crippen molar-refractivity contribution < 1.29 is 9.53 Å². The van der Waals surface area contributed by atoms with E-state index in [9.17, 15) is 4.79 Å². The average molecular weight is 276 g/mol. The summed E-state index contributed by atoms with van der Waals surface area (Å²) >= 11 is 6.17. The Morgan fingerprint density at radius 2 is 2.05 bits per heavy atom. The molecule has 1 aromatic heterocycles. The highest BCUT2D eigenvalue weighted by molar-refractivity contribution is 6.32. The minimum absolute atomic E-state index is 0.0772. The lowest BCUT2D eigenvalue weighted by Crippen LogP contribution is -2.05. The van der Waals surface area contributed by atoms with Crippen LogP contribution in [-0.2, 0) is 0 Å². The zero-order valence-electron chi connectivity index (χ0n) is 10.8. The molecule has 0 saturated heterocycles. The Kier molecular flexibility index (Phi) is 4.17. The van der Waals surface area contributed by atoms with Crippen molar-refractivity contribution in [3.8, 4) is 17.0 Å². The summed E-state index contributed by atoms with van der Waals surface area (Å²) in [6.45, 7) is 3.90. The molecule has 1 heterocycles. The van der Waals surface area contributed by atoms with E-state index < -0.39 is 0 Å². The summed E-state index contributed by atoms with van der Waals surface area (Å²) in [5.74, 6) is 0.657. The largest absolute Gasteiger partial charge is 0.489 e. The number of pyridine rings is 1. The molecule has 0 unspecified atom stereocenters. The van der Waals surface area contributed by atoms with Gasteiger partial charge in [-0.05, 0) is 44.2 Å². The molecule has 19 heavy (non-hydrogen) atoms. The van der Waals surface area contributed by atoms with Gasteiger partial charge < -0.3 is 4.74 Å². The molecular formula is C15H14ClNO2. The van der Waals surface area contributed by atoms with Crippen LogP contribution in [0.15, 0.2) is 36.5 Å². The zero-order valence-corrected chi connectivity index (χ0v) is 11.5. The van der Waals surface area contributed by atoms with E-state index in [4.69, 9.17) is 16.3 Å². The topological polar surface area (TPSA) is 39.2 Å². The standard InChI is InChI=1S/C15H14ClNO2/c1-10(2)19-15-6-4-12(7-13(15)16)14-5-3-11(9-18)8-17-14/h3-10H,1-2H3. The first-order chi connectivity index (χ1) is 9.10. The van der Waals surface area contributed by atoms with Gasteiger partial charge in [-0.2, -0.15) is 0 Å². The smallest absolute Gasteiger partial charge is 0.151 e. The van der Waals surface area contributed by atoms with Crippen molar-refractivity contribution in [3.05, 3.63) is 47.1 Å². The fourth-order valence-electron chi connectivity index (χ4n) is 1.66. The van der Waals surface area contributed by atoms with Gasteiger partial charge in [0.25, 0.3) is 0 Å². The van der Waals surface area contributed by atoms with E-state index in [-0.39, 0.29) is 6.10 Å². The van der Waals surface area contributed by atoms with Crippen LogP contribution in [0.2, 0.25) is 5.02 Å². The molecule has 1 aromatic carbocycles. The highest BCUT2D eigenvalue weighted by Gasteiger charge is 2.07. The van der Waals surface area contributed by atoms with Crippen LogP contribution in [0.5, 0.6) is 5.75 Å². The molecule has 0 fully saturated rings. The molecule has 0 saturated carbocycles. The van der Waals surface area contributed by atoms with Crippen molar-refractivity contribution in [2.75, 3.05) is 0 Å². The van der Waals surface area contributed by atoms with E-state index in [1.165, 1.54) is 6.20 Å². The van der Waals surface area contributed by atoms with Crippen molar-refractivity contribution in [2.45, 2.75) is 20.0 Å². The monoisotopic (exact) mass is 275 g/mol. The number of carbonyl (C=O) groups is 1. The summed E-state index contributed by atoms with van der Waals surface area (Å²) in [5, 5.41) is 0.549. The molecule has 0 spiro atoms. The molecule has 3 nitrogen and oxygen atoms in total. The average Bonchev–Trinajstić information content (AvgIpc) is 2.41. The number of benzene rings is 1. The molecule has 0 atom stereocenters. The maximum absolute atomic E-state index is 10.6. The number of hydrogen-bond donors (Lipinski definition) is 0. The van der Waals surface area contributed by atoms with Crippen molar-refractivity contribution >= 4 is 17.9 Å². The fourth-order valence-corrected chi connectivity index (χ4v) is 1.88. The Morgan fingerprint density at radius 3 is 2.58 bits per heavy atom. The van der Waals surface area contributed by atoms with E-state index in [0.717, 1.165) is 17.5 Å². The lowest BCUT2D eigenvalue weighted by atomic mass is 10.1. The first-order valence-corrected chi connectivity index (χ1v) is 6.36. The molecule has 0 bridgehead atoms. The van der Waals surface area contributed by atoms with Gasteiger partial charge in [0.2, 0.25) is 0 Å². The molecule has 0 aliphatic heterocycles. The molecular weight excluding hydrogens is 262 g/mol. The number of aromatic nitrogens is 1. The number of aldehydes is 1. The van der Waals surface area contributed by atoms with Gasteiger partial charge in [-0.15, -0.1) is 0 Å². The lowest BCUT2D eigenvalue weighted by Gasteiger charge is -2.12. The molecule has 0 aliphatic carbocycles. The van der Waals surface area contributed by atoms with Gasteiger partial charge in [-0.25, -0.2) is 0 Å². The van der Waals surface area contributed by atoms with E-state index in [1.54, 1.807) is 12.1 Å². The zero-order chi connectivity index (χ0) is 13.8. The molecule has 98 valence electrons. The Balaban J connectivity index is 2.30. The van der Waals surface area contributed by atoms with Crippen LogP contribution in [0.1, 0.15) is 24.2 Å². The summed E-state index contributed by atoms with van der Waals surface area (Å²) in [7, 11) is 0. The number of carbonyl (C=O) groups excluding carboxylic acids is 1. The second kappa shape index (κ2) is 5.85. The number of hydrogen-bond acceptors (Lipinski definition) is 3. The number of nitrogens with zero attached hydrogens (tertiary/aromatic N) is 1. The second-order valence-electron chi connectivity index (χ2n) is 4.41. The summed E-state index contributed by atoms with van der Waals surface area (Å²) in [6.07, 6.45) is 2.38. The minimum atomic E-state index is 0.0772. The summed E-state index contributed by atoms with van der Waals surface area (Å²) < 4.78 is 5.57. The van der Waals surface area contributed by atoms with E-state index in [1.807, 2.05) is 32.0 Å². The first-order valence-electron chi connectivity index (χ1n) is 5.98. The van der Waals surface area contributed by atoms with Crippen LogP contribution in [0.4, 0.5) is 0 Å². The third-order valence-corrected chi connectivity index (χ3v) is 2.81. The minimum Gasteiger partial charge on any atom is -0.489 e. The highest BCUT2D eigenvalue weighted by Crippen LogP contribution is 2.30. The Morgan fingerprint density at radius 1 is 1.26 bits per heavy atom. The summed E-state index contributed by atoms with van der Waals surface area (Å²) in [5.41, 5.74) is 2.21. The molecule has 4 heteroatoms. The van der Waals surface area contributed by atoms with E-state index in [0.29, 0.717) is 16.3 Å². The summed E-state index contributed by atoms with van der Waals surface area (Å²) in [4.78, 5) is 14.8. The lowest BCUT2D eigenvalue weighted by molar-refractivity contribution is 0.112. The maximum atomic E-state index is 10.6. The fraction of sp³-hybridized carbons (Fsp3) is 0.200. The molecule has 2 rings (SSSR count). The van der Waals surface area contributed by atoms with E-state index in [2.05, 4.69) is 4.98 Å². The van der Waals surface area contributed by atoms with Crippen LogP contribution in [0, 0.1) is 0 Å². The van der Waals surface area contributed by atoms with Gasteiger partial charge in [-0.1, -0.05) is 11.6 Å². The highest BCUT2D eigenvalue weighted by atomic mass is 35.5. The van der Waals surface area contributed by atoms with Crippen molar-refractivity contribution in [1.82, 2.24) is 4.98 Å². The van der Waals surface area contributed by atoms with Crippen molar-refractivity contribution in [3.63, 3.8) is 0 Å². The molecule has 0 radical (unpaired) electrons. The van der Waals surface area contributed by atoms with Gasteiger partial charge in [0.05, 0.1) is 16.8 Å². The third kappa shape index (κ3) is 3.32. The number of rotatable bonds is 4. The van der Waals surface area contributed by atoms with Crippen LogP contribution in [-0.4, -0.2) is 17.4 Å². The normalized spacial score (nSPS) is 10.5. The Labute approximate surface area is 117 Å². The Hall–Kier alpha value is -1.87. The molecule has 0 amide bonds. The van der Waals surface area contributed by atoms with Crippen molar-refractivity contribution in [1.29, 1.82) is 0 Å². The number of ether oxygens (including phenoxy) is 1. The van der Waals surface area contributed by atoms with Crippen molar-refractivity contribution in [2.24, 2.45) is 0 Å². The predicted octanol–water partition coefficient (Wildman–Crippen LogP) is 4.00. The molecule has 0 aliphatic rings. The van der Waals surface area contributed by atoms with Crippen LogP contribution >= 0.6 is 11.6 Å². The predicted molar refractivity (Wildman–Crippen MR) is 75.8 cm³/mol. The van der Waals surface area contributed by atoms with Gasteiger partial charge in [0, 0.05) is 17.3 Å². The van der Waals surface area contributed by atoms with Gasteiger partial charge in [-0.3, -0.25) is 9.78 Å². The second-order valence-corrected chi connectivity index (χ2v) is 4.81. The van der Waals surface area contributed by atoms with Gasteiger partial charge in [0.1, 0.15) is 5.75 Å². The Bertz CT molecular complexity index is 579. The van der Waals surface area contributed by atoms with Gasteiger partial charge in [0.15, 0.2) is 6.29 Å². The van der Waals surface area contributed by atoms with Crippen LogP contribution < -0.4 is 4.74 Å². The SMILES string of the molecule is CC(C)Oc1ccc(-c2ccc(C=O)cn2)cc1Cl. The van der Waals surface area contributed by atoms with Gasteiger partial charge >= 0.3 is 0 Å². The van der Waals surface area contributed by atoms with E-state index >= 15 is 0 Å².